The molecular formula is C14H20O. The minimum atomic E-state index is 0.633. The van der Waals surface area contributed by atoms with Crippen molar-refractivity contribution in [3.05, 3.63) is 36.4 Å². The van der Waals surface area contributed by atoms with Gasteiger partial charge >= 0.3 is 0 Å². The first-order valence-electron chi connectivity index (χ1n) is 5.61. The lowest BCUT2D eigenvalue weighted by Gasteiger charge is -2.11. The Bertz CT molecular complexity index is 287. The van der Waals surface area contributed by atoms with Gasteiger partial charge in [0.25, 0.3) is 0 Å². The van der Waals surface area contributed by atoms with E-state index >= 15 is 0 Å². The minimum Gasteiger partial charge on any atom is -0.493 e. The Morgan fingerprint density at radius 3 is 2.53 bits per heavy atom. The van der Waals surface area contributed by atoms with E-state index in [2.05, 4.69) is 20.4 Å². The molecule has 0 fully saturated rings. The standard InChI is InChI=1S/C14H20O/c1-4-6-12(3)11-15-14-9-7-13(5-2)8-10-14/h5,7-10,12H,2,4,6,11H2,1,3H3. The summed E-state index contributed by atoms with van der Waals surface area (Å²) in [6, 6.07) is 8.03. The van der Waals surface area contributed by atoms with Gasteiger partial charge in [-0.3, -0.25) is 0 Å². The molecule has 0 saturated heterocycles. The molecular weight excluding hydrogens is 184 g/mol. The van der Waals surface area contributed by atoms with Crippen molar-refractivity contribution >= 4 is 6.08 Å². The Kier molecular flexibility index (Phi) is 4.96. The van der Waals surface area contributed by atoms with Crippen molar-refractivity contribution in [3.63, 3.8) is 0 Å². The highest BCUT2D eigenvalue weighted by Crippen LogP contribution is 2.15. The van der Waals surface area contributed by atoms with Gasteiger partial charge in [0, 0.05) is 0 Å². The van der Waals surface area contributed by atoms with Crippen LogP contribution in [0.15, 0.2) is 30.8 Å². The van der Waals surface area contributed by atoms with Crippen LogP contribution in [0.3, 0.4) is 0 Å². The van der Waals surface area contributed by atoms with Gasteiger partial charge in [-0.15, -0.1) is 0 Å². The molecule has 1 atom stereocenters. The summed E-state index contributed by atoms with van der Waals surface area (Å²) in [4.78, 5) is 0. The van der Waals surface area contributed by atoms with Gasteiger partial charge in [-0.05, 0) is 30.0 Å². The van der Waals surface area contributed by atoms with E-state index in [1.165, 1.54) is 12.8 Å². The van der Waals surface area contributed by atoms with Crippen LogP contribution in [0.2, 0.25) is 0 Å². The number of rotatable bonds is 6. The molecule has 0 radical (unpaired) electrons. The Morgan fingerprint density at radius 1 is 1.33 bits per heavy atom. The Balaban J connectivity index is 2.40. The fourth-order valence-electron chi connectivity index (χ4n) is 1.51. The maximum absolute atomic E-state index is 5.69. The fraction of sp³-hybridized carbons (Fsp3) is 0.429. The molecule has 1 heteroatoms. The van der Waals surface area contributed by atoms with Crippen molar-refractivity contribution in [3.8, 4) is 5.75 Å². The van der Waals surface area contributed by atoms with Crippen molar-refractivity contribution in [2.75, 3.05) is 6.61 Å². The van der Waals surface area contributed by atoms with Crippen molar-refractivity contribution in [1.82, 2.24) is 0 Å². The second kappa shape index (κ2) is 6.28. The molecule has 1 aromatic rings. The van der Waals surface area contributed by atoms with E-state index < -0.39 is 0 Å². The topological polar surface area (TPSA) is 9.23 Å². The number of hydrogen-bond donors (Lipinski definition) is 0. The molecule has 1 nitrogen and oxygen atoms in total. The summed E-state index contributed by atoms with van der Waals surface area (Å²) in [5, 5.41) is 0. The highest BCUT2D eigenvalue weighted by molar-refractivity contribution is 5.48. The van der Waals surface area contributed by atoms with Gasteiger partial charge < -0.3 is 4.74 Å². The maximum Gasteiger partial charge on any atom is 0.119 e. The summed E-state index contributed by atoms with van der Waals surface area (Å²) in [7, 11) is 0. The second-order valence-corrected chi connectivity index (χ2v) is 3.98. The average Bonchev–Trinajstić information content (AvgIpc) is 2.27. The molecule has 0 aliphatic heterocycles. The number of benzene rings is 1. The molecule has 82 valence electrons. The molecule has 0 aliphatic carbocycles. The van der Waals surface area contributed by atoms with Crippen LogP contribution < -0.4 is 4.74 Å². The quantitative estimate of drug-likeness (QED) is 0.676. The van der Waals surface area contributed by atoms with Crippen LogP contribution in [-0.2, 0) is 0 Å². The zero-order valence-electron chi connectivity index (χ0n) is 9.70. The molecule has 15 heavy (non-hydrogen) atoms. The van der Waals surface area contributed by atoms with Crippen LogP contribution in [-0.4, -0.2) is 6.61 Å². The summed E-state index contributed by atoms with van der Waals surface area (Å²) in [5.41, 5.74) is 1.13. The Labute approximate surface area is 92.8 Å². The summed E-state index contributed by atoms with van der Waals surface area (Å²) in [6.07, 6.45) is 4.29. The molecule has 1 aromatic carbocycles. The first-order valence-corrected chi connectivity index (χ1v) is 5.61. The maximum atomic E-state index is 5.69. The van der Waals surface area contributed by atoms with Gasteiger partial charge in [0.1, 0.15) is 5.75 Å². The van der Waals surface area contributed by atoms with Gasteiger partial charge in [-0.25, -0.2) is 0 Å². The molecule has 0 spiro atoms. The molecule has 0 aromatic heterocycles. The van der Waals surface area contributed by atoms with Crippen LogP contribution in [0.25, 0.3) is 6.08 Å². The SMILES string of the molecule is C=Cc1ccc(OCC(C)CCC)cc1. The highest BCUT2D eigenvalue weighted by atomic mass is 16.5. The van der Waals surface area contributed by atoms with E-state index in [0.717, 1.165) is 17.9 Å². The first-order chi connectivity index (χ1) is 7.26. The van der Waals surface area contributed by atoms with Crippen molar-refractivity contribution in [2.24, 2.45) is 5.92 Å². The molecule has 1 unspecified atom stereocenters. The highest BCUT2D eigenvalue weighted by Gasteiger charge is 2.01. The third-order valence-electron chi connectivity index (χ3n) is 2.43. The fourth-order valence-corrected chi connectivity index (χ4v) is 1.51. The molecule has 0 saturated carbocycles. The smallest absolute Gasteiger partial charge is 0.119 e. The summed E-state index contributed by atoms with van der Waals surface area (Å²) in [6.45, 7) is 8.95. The minimum absolute atomic E-state index is 0.633. The molecule has 0 heterocycles. The molecule has 0 amide bonds. The molecule has 0 aliphatic rings. The van der Waals surface area contributed by atoms with Crippen LogP contribution >= 0.6 is 0 Å². The van der Waals surface area contributed by atoms with E-state index in [1.807, 2.05) is 30.3 Å². The Hall–Kier alpha value is -1.24. The predicted octanol–water partition coefficient (Wildman–Crippen LogP) is 4.14. The molecule has 1 rings (SSSR count). The summed E-state index contributed by atoms with van der Waals surface area (Å²) in [5.74, 6) is 1.58. The first kappa shape index (κ1) is 11.8. The van der Waals surface area contributed by atoms with E-state index in [-0.39, 0.29) is 0 Å². The van der Waals surface area contributed by atoms with Gasteiger partial charge in [-0.2, -0.15) is 0 Å². The zero-order chi connectivity index (χ0) is 11.1. The van der Waals surface area contributed by atoms with Crippen molar-refractivity contribution in [2.45, 2.75) is 26.7 Å². The lowest BCUT2D eigenvalue weighted by atomic mass is 10.1. The van der Waals surface area contributed by atoms with Crippen molar-refractivity contribution < 1.29 is 4.74 Å². The van der Waals surface area contributed by atoms with Crippen LogP contribution in [0.5, 0.6) is 5.75 Å². The molecule has 0 bridgehead atoms. The van der Waals surface area contributed by atoms with E-state index in [4.69, 9.17) is 4.74 Å². The number of hydrogen-bond acceptors (Lipinski definition) is 1. The van der Waals surface area contributed by atoms with E-state index in [9.17, 15) is 0 Å². The predicted molar refractivity (Wildman–Crippen MR) is 66.1 cm³/mol. The monoisotopic (exact) mass is 204 g/mol. The Morgan fingerprint density at radius 2 is 2.00 bits per heavy atom. The van der Waals surface area contributed by atoms with Crippen LogP contribution in [0.1, 0.15) is 32.3 Å². The van der Waals surface area contributed by atoms with Crippen LogP contribution in [0, 0.1) is 5.92 Å². The average molecular weight is 204 g/mol. The second-order valence-electron chi connectivity index (χ2n) is 3.98. The van der Waals surface area contributed by atoms with Gasteiger partial charge in [0.05, 0.1) is 6.61 Å². The van der Waals surface area contributed by atoms with Gasteiger partial charge in [-0.1, -0.05) is 45.1 Å². The van der Waals surface area contributed by atoms with Crippen LogP contribution in [0.4, 0.5) is 0 Å². The number of ether oxygens (including phenoxy) is 1. The van der Waals surface area contributed by atoms with E-state index in [0.29, 0.717) is 5.92 Å². The third kappa shape index (κ3) is 4.20. The third-order valence-corrected chi connectivity index (χ3v) is 2.43. The normalized spacial score (nSPS) is 12.1. The zero-order valence-corrected chi connectivity index (χ0v) is 9.70. The summed E-state index contributed by atoms with van der Waals surface area (Å²) < 4.78 is 5.69. The van der Waals surface area contributed by atoms with E-state index in [1.54, 1.807) is 0 Å². The van der Waals surface area contributed by atoms with Crippen molar-refractivity contribution in [1.29, 1.82) is 0 Å². The lowest BCUT2D eigenvalue weighted by molar-refractivity contribution is 0.251. The summed E-state index contributed by atoms with van der Waals surface area (Å²) >= 11 is 0. The lowest BCUT2D eigenvalue weighted by Crippen LogP contribution is -2.07. The molecule has 0 N–H and O–H groups in total. The van der Waals surface area contributed by atoms with Gasteiger partial charge in [0.2, 0.25) is 0 Å². The largest absolute Gasteiger partial charge is 0.493 e. The van der Waals surface area contributed by atoms with Gasteiger partial charge in [0.15, 0.2) is 0 Å².